The van der Waals surface area contributed by atoms with Crippen LogP contribution in [0.25, 0.3) is 11.6 Å². The van der Waals surface area contributed by atoms with Crippen LogP contribution in [0.2, 0.25) is 0 Å². The van der Waals surface area contributed by atoms with E-state index in [1.807, 2.05) is 19.1 Å². The Bertz CT molecular complexity index is 1040. The standard InChI is InChI=1S/C22H25N5O4/c1-14-11-24-19(12-23-14)21-25-20(26-31-21)16-6-5-9-27(13-16)22(28)15(2)30-18-8-4-7-17(10-18)29-3/h4,7-8,10-12,15-16H,5-6,9,13H2,1-3H3. The second-order valence-electron chi connectivity index (χ2n) is 7.56. The summed E-state index contributed by atoms with van der Waals surface area (Å²) in [5, 5.41) is 4.13. The van der Waals surface area contributed by atoms with Crippen LogP contribution in [0.3, 0.4) is 0 Å². The number of hydrogen-bond acceptors (Lipinski definition) is 8. The van der Waals surface area contributed by atoms with Gasteiger partial charge in [0, 0.05) is 31.3 Å². The van der Waals surface area contributed by atoms with Crippen LogP contribution in [0, 0.1) is 6.92 Å². The van der Waals surface area contributed by atoms with E-state index in [0.29, 0.717) is 42.0 Å². The van der Waals surface area contributed by atoms with Gasteiger partial charge in [-0.2, -0.15) is 4.98 Å². The van der Waals surface area contributed by atoms with Crippen LogP contribution in [0.4, 0.5) is 0 Å². The first-order valence-electron chi connectivity index (χ1n) is 10.3. The zero-order chi connectivity index (χ0) is 21.8. The number of benzene rings is 1. The lowest BCUT2D eigenvalue weighted by Crippen LogP contribution is -2.45. The highest BCUT2D eigenvalue weighted by Gasteiger charge is 2.31. The van der Waals surface area contributed by atoms with E-state index in [0.717, 1.165) is 18.5 Å². The van der Waals surface area contributed by atoms with Crippen molar-refractivity contribution in [2.75, 3.05) is 20.2 Å². The maximum atomic E-state index is 13.0. The van der Waals surface area contributed by atoms with Crippen molar-refractivity contribution in [3.05, 3.63) is 48.2 Å². The fraction of sp³-hybridized carbons (Fsp3) is 0.409. The van der Waals surface area contributed by atoms with Gasteiger partial charge in [-0.15, -0.1) is 0 Å². The van der Waals surface area contributed by atoms with Crippen molar-refractivity contribution in [3.63, 3.8) is 0 Å². The van der Waals surface area contributed by atoms with E-state index < -0.39 is 6.10 Å². The van der Waals surface area contributed by atoms with E-state index in [1.54, 1.807) is 43.5 Å². The molecule has 1 amide bonds. The second kappa shape index (κ2) is 9.11. The number of carbonyl (C=O) groups excluding carboxylic acids is 1. The molecule has 0 bridgehead atoms. The summed E-state index contributed by atoms with van der Waals surface area (Å²) in [4.78, 5) is 27.8. The summed E-state index contributed by atoms with van der Waals surface area (Å²) in [7, 11) is 1.59. The Hall–Kier alpha value is -3.49. The van der Waals surface area contributed by atoms with Gasteiger partial charge >= 0.3 is 0 Å². The molecular weight excluding hydrogens is 398 g/mol. The van der Waals surface area contributed by atoms with Crippen molar-refractivity contribution in [1.82, 2.24) is 25.0 Å². The molecule has 9 nitrogen and oxygen atoms in total. The highest BCUT2D eigenvalue weighted by atomic mass is 16.5. The van der Waals surface area contributed by atoms with Crippen molar-refractivity contribution >= 4 is 5.91 Å². The number of carbonyl (C=O) groups is 1. The summed E-state index contributed by atoms with van der Waals surface area (Å²) in [6, 6.07) is 7.22. The first kappa shape index (κ1) is 20.8. The van der Waals surface area contributed by atoms with E-state index in [1.165, 1.54) is 0 Å². The smallest absolute Gasteiger partial charge is 0.278 e. The molecule has 0 saturated carbocycles. The summed E-state index contributed by atoms with van der Waals surface area (Å²) >= 11 is 0. The number of ether oxygens (including phenoxy) is 2. The van der Waals surface area contributed by atoms with Gasteiger partial charge in [0.15, 0.2) is 11.9 Å². The maximum absolute atomic E-state index is 13.0. The first-order chi connectivity index (χ1) is 15.0. The number of nitrogens with zero attached hydrogens (tertiary/aromatic N) is 5. The molecule has 1 fully saturated rings. The number of rotatable bonds is 6. The minimum Gasteiger partial charge on any atom is -0.497 e. The molecule has 0 N–H and O–H groups in total. The van der Waals surface area contributed by atoms with Crippen molar-refractivity contribution in [1.29, 1.82) is 0 Å². The van der Waals surface area contributed by atoms with E-state index in [-0.39, 0.29) is 11.8 Å². The predicted molar refractivity (Wildman–Crippen MR) is 112 cm³/mol. The normalized spacial score (nSPS) is 17.3. The van der Waals surface area contributed by atoms with Gasteiger partial charge in [-0.25, -0.2) is 4.98 Å². The number of aryl methyl sites for hydroxylation is 1. The van der Waals surface area contributed by atoms with Crippen LogP contribution in [0.5, 0.6) is 11.5 Å². The van der Waals surface area contributed by atoms with Crippen molar-refractivity contribution < 1.29 is 18.8 Å². The summed E-state index contributed by atoms with van der Waals surface area (Å²) in [5.74, 6) is 2.12. The molecule has 0 spiro atoms. The summed E-state index contributed by atoms with van der Waals surface area (Å²) in [5.41, 5.74) is 1.35. The molecule has 1 aromatic carbocycles. The van der Waals surface area contributed by atoms with E-state index in [9.17, 15) is 4.79 Å². The Kier molecular flexibility index (Phi) is 6.11. The summed E-state index contributed by atoms with van der Waals surface area (Å²) < 4.78 is 16.4. The highest BCUT2D eigenvalue weighted by molar-refractivity contribution is 5.81. The molecule has 2 unspecified atom stereocenters. The Morgan fingerprint density at radius 2 is 2.10 bits per heavy atom. The molecule has 3 aromatic rings. The van der Waals surface area contributed by atoms with Crippen LogP contribution in [-0.2, 0) is 4.79 Å². The van der Waals surface area contributed by atoms with Crippen LogP contribution in [0.1, 0.15) is 37.2 Å². The molecular formula is C22H25N5O4. The number of hydrogen-bond donors (Lipinski definition) is 0. The zero-order valence-electron chi connectivity index (χ0n) is 17.8. The van der Waals surface area contributed by atoms with Crippen molar-refractivity contribution in [2.45, 2.75) is 38.7 Å². The van der Waals surface area contributed by atoms with E-state index in [2.05, 4.69) is 20.1 Å². The van der Waals surface area contributed by atoms with Crippen LogP contribution < -0.4 is 9.47 Å². The molecule has 1 aliphatic heterocycles. The molecule has 2 aromatic heterocycles. The Morgan fingerprint density at radius 3 is 2.87 bits per heavy atom. The van der Waals surface area contributed by atoms with Crippen LogP contribution in [0.15, 0.2) is 41.2 Å². The van der Waals surface area contributed by atoms with Gasteiger partial charge < -0.3 is 18.9 Å². The Morgan fingerprint density at radius 1 is 1.26 bits per heavy atom. The maximum Gasteiger partial charge on any atom is 0.278 e. The molecule has 3 heterocycles. The molecule has 1 aliphatic rings. The van der Waals surface area contributed by atoms with Gasteiger partial charge in [0.2, 0.25) is 0 Å². The van der Waals surface area contributed by atoms with Crippen molar-refractivity contribution in [3.8, 4) is 23.1 Å². The topological polar surface area (TPSA) is 103 Å². The number of amides is 1. The lowest BCUT2D eigenvalue weighted by atomic mass is 9.97. The second-order valence-corrected chi connectivity index (χ2v) is 7.56. The summed E-state index contributed by atoms with van der Waals surface area (Å²) in [6.45, 7) is 4.81. The molecule has 31 heavy (non-hydrogen) atoms. The fourth-order valence-corrected chi connectivity index (χ4v) is 3.58. The largest absolute Gasteiger partial charge is 0.497 e. The molecule has 0 radical (unpaired) electrons. The quantitative estimate of drug-likeness (QED) is 0.596. The third-order valence-corrected chi connectivity index (χ3v) is 5.24. The Labute approximate surface area is 180 Å². The number of aromatic nitrogens is 4. The van der Waals surface area contributed by atoms with Crippen molar-refractivity contribution in [2.24, 2.45) is 0 Å². The zero-order valence-corrected chi connectivity index (χ0v) is 17.8. The number of likely N-dealkylation sites (tertiary alicyclic amines) is 1. The van der Waals surface area contributed by atoms with E-state index in [4.69, 9.17) is 14.0 Å². The Balaban J connectivity index is 1.41. The van der Waals surface area contributed by atoms with Crippen LogP contribution >= 0.6 is 0 Å². The lowest BCUT2D eigenvalue weighted by Gasteiger charge is -2.33. The number of piperidine rings is 1. The SMILES string of the molecule is COc1cccc(OC(C)C(=O)N2CCCC(c3noc(-c4cnc(C)cn4)n3)C2)c1. The predicted octanol–water partition coefficient (Wildman–Crippen LogP) is 3.02. The first-order valence-corrected chi connectivity index (χ1v) is 10.3. The lowest BCUT2D eigenvalue weighted by molar-refractivity contribution is -0.139. The van der Waals surface area contributed by atoms with Gasteiger partial charge in [-0.05, 0) is 38.8 Å². The van der Waals surface area contributed by atoms with Gasteiger partial charge in [0.25, 0.3) is 11.8 Å². The molecule has 1 saturated heterocycles. The van der Waals surface area contributed by atoms with Gasteiger partial charge in [0.1, 0.15) is 17.2 Å². The van der Waals surface area contributed by atoms with Gasteiger partial charge in [-0.1, -0.05) is 11.2 Å². The van der Waals surface area contributed by atoms with E-state index >= 15 is 0 Å². The molecule has 4 rings (SSSR count). The average Bonchev–Trinajstić information content (AvgIpc) is 3.29. The summed E-state index contributed by atoms with van der Waals surface area (Å²) in [6.07, 6.45) is 4.39. The van der Waals surface area contributed by atoms with Gasteiger partial charge in [-0.3, -0.25) is 9.78 Å². The number of methoxy groups -OCH3 is 1. The third-order valence-electron chi connectivity index (χ3n) is 5.24. The van der Waals surface area contributed by atoms with Gasteiger partial charge in [0.05, 0.1) is 19.0 Å². The minimum atomic E-state index is -0.616. The molecule has 2 atom stereocenters. The minimum absolute atomic E-state index is 0.00220. The molecule has 162 valence electrons. The molecule has 9 heteroatoms. The third kappa shape index (κ3) is 4.82. The monoisotopic (exact) mass is 423 g/mol. The highest BCUT2D eigenvalue weighted by Crippen LogP contribution is 2.27. The van der Waals surface area contributed by atoms with Crippen LogP contribution in [-0.4, -0.2) is 57.2 Å². The fourth-order valence-electron chi connectivity index (χ4n) is 3.58. The average molecular weight is 423 g/mol. The molecule has 0 aliphatic carbocycles.